The molecule has 0 radical (unpaired) electrons. The molecule has 0 bridgehead atoms. The zero-order valence-electron chi connectivity index (χ0n) is 23.5. The van der Waals surface area contributed by atoms with Crippen LogP contribution in [0.25, 0.3) is 70.9 Å². The van der Waals surface area contributed by atoms with Gasteiger partial charge < -0.3 is 5.32 Å². The van der Waals surface area contributed by atoms with Gasteiger partial charge in [0.15, 0.2) is 0 Å². The maximum Gasteiger partial charge on any atom is 0.208 e. The van der Waals surface area contributed by atoms with E-state index in [0.717, 1.165) is 28.3 Å². The molecule has 9 rings (SSSR count). The fourth-order valence-corrected chi connectivity index (χ4v) is 6.85. The Hall–Kier alpha value is -5.67. The third-order valence-electron chi connectivity index (χ3n) is 8.81. The highest BCUT2D eigenvalue weighted by molar-refractivity contribution is 6.25. The third-order valence-corrected chi connectivity index (χ3v) is 8.81. The highest BCUT2D eigenvalue weighted by Crippen LogP contribution is 2.37. The van der Waals surface area contributed by atoms with Crippen LogP contribution < -0.4 is 5.32 Å². The minimum Gasteiger partial charge on any atom is -0.352 e. The van der Waals surface area contributed by atoms with E-state index in [9.17, 15) is 0 Å². The summed E-state index contributed by atoms with van der Waals surface area (Å²) < 4.78 is 2.25. The molecule has 7 aromatic carbocycles. The zero-order chi connectivity index (χ0) is 28.3. The van der Waals surface area contributed by atoms with Crippen LogP contribution in [0.3, 0.4) is 0 Å². The van der Waals surface area contributed by atoms with E-state index in [1.165, 1.54) is 54.2 Å². The molecule has 0 spiro atoms. The normalized spacial score (nSPS) is 13.5. The number of rotatable bonds is 2. The minimum absolute atomic E-state index is 0.717. The number of nitrogens with zero attached hydrogens (tertiary/aromatic N) is 2. The van der Waals surface area contributed by atoms with Gasteiger partial charge in [0.1, 0.15) is 0 Å². The van der Waals surface area contributed by atoms with Crippen molar-refractivity contribution < 1.29 is 0 Å². The van der Waals surface area contributed by atoms with Gasteiger partial charge in [-0.05, 0) is 73.8 Å². The largest absolute Gasteiger partial charge is 0.352 e. The highest BCUT2D eigenvalue weighted by atomic mass is 15.2. The van der Waals surface area contributed by atoms with E-state index in [1.54, 1.807) is 0 Å². The van der Waals surface area contributed by atoms with Crippen LogP contribution in [0.5, 0.6) is 0 Å². The summed E-state index contributed by atoms with van der Waals surface area (Å²) in [4.78, 5) is 5.18. The fraction of sp³-hybridized carbons (Fsp3) is 0.0250. The number of hydrogen-bond acceptors (Lipinski definition) is 2. The van der Waals surface area contributed by atoms with Gasteiger partial charge in [-0.15, -0.1) is 0 Å². The van der Waals surface area contributed by atoms with Crippen molar-refractivity contribution in [2.24, 2.45) is 4.99 Å². The molecule has 1 aliphatic heterocycles. The van der Waals surface area contributed by atoms with Crippen molar-refractivity contribution in [3.63, 3.8) is 0 Å². The summed E-state index contributed by atoms with van der Waals surface area (Å²) in [6.07, 6.45) is 2.18. The molecular formula is C40H27N3. The quantitative estimate of drug-likeness (QED) is 0.214. The van der Waals surface area contributed by atoms with Crippen LogP contribution in [0.2, 0.25) is 0 Å². The number of aromatic nitrogens is 1. The number of benzene rings is 7. The maximum absolute atomic E-state index is 5.18. The molecule has 0 atom stereocenters. The average molecular weight is 550 g/mol. The summed E-state index contributed by atoms with van der Waals surface area (Å²) >= 11 is 0. The van der Waals surface area contributed by atoms with Crippen LogP contribution in [-0.2, 0) is 0 Å². The molecule has 0 unspecified atom stereocenters. The first-order chi connectivity index (χ1) is 21.3. The summed E-state index contributed by atoms with van der Waals surface area (Å²) in [5, 5.41) is 13.8. The Bertz CT molecular complexity index is 2370. The lowest BCUT2D eigenvalue weighted by Gasteiger charge is -2.18. The summed E-state index contributed by atoms with van der Waals surface area (Å²) in [5.74, 6) is 0.851. The Kier molecular flexibility index (Phi) is 5.26. The van der Waals surface area contributed by atoms with Gasteiger partial charge in [-0.2, -0.15) is 0 Å². The molecule has 0 saturated carbocycles. The van der Waals surface area contributed by atoms with Gasteiger partial charge in [-0.25, -0.2) is 4.99 Å². The fourth-order valence-electron chi connectivity index (χ4n) is 6.85. The first-order valence-electron chi connectivity index (χ1n) is 14.8. The van der Waals surface area contributed by atoms with E-state index in [-0.39, 0.29) is 0 Å². The van der Waals surface area contributed by atoms with Gasteiger partial charge >= 0.3 is 0 Å². The van der Waals surface area contributed by atoms with Crippen molar-refractivity contribution in [3.05, 3.63) is 151 Å². The summed E-state index contributed by atoms with van der Waals surface area (Å²) in [6.45, 7) is 0.717. The Labute approximate surface area is 249 Å². The second kappa shape index (κ2) is 9.43. The van der Waals surface area contributed by atoms with Crippen molar-refractivity contribution in [3.8, 4) is 11.1 Å². The van der Waals surface area contributed by atoms with Crippen molar-refractivity contribution in [2.45, 2.75) is 0 Å². The maximum atomic E-state index is 5.18. The van der Waals surface area contributed by atoms with E-state index in [2.05, 4.69) is 155 Å². The van der Waals surface area contributed by atoms with Gasteiger partial charge in [-0.3, -0.25) is 4.57 Å². The Morgan fingerprint density at radius 2 is 0.953 bits per heavy atom. The van der Waals surface area contributed by atoms with Crippen LogP contribution in [0.4, 0.5) is 0 Å². The van der Waals surface area contributed by atoms with Crippen molar-refractivity contribution in [1.82, 2.24) is 9.88 Å². The molecule has 43 heavy (non-hydrogen) atoms. The summed E-state index contributed by atoms with van der Waals surface area (Å²) in [7, 11) is 0. The minimum atomic E-state index is 0.717. The van der Waals surface area contributed by atoms with Crippen molar-refractivity contribution >= 4 is 65.8 Å². The smallest absolute Gasteiger partial charge is 0.208 e. The number of nitrogens with one attached hydrogen (secondary N) is 1. The number of hydrogen-bond donors (Lipinski definition) is 1. The molecule has 3 heteroatoms. The third kappa shape index (κ3) is 3.72. The first-order valence-corrected chi connectivity index (χ1v) is 14.8. The number of aliphatic imine (C=N–C) groups is 1. The van der Waals surface area contributed by atoms with E-state index in [0.29, 0.717) is 6.54 Å². The van der Waals surface area contributed by atoms with Gasteiger partial charge in [0.25, 0.3) is 0 Å². The molecule has 0 fully saturated rings. The van der Waals surface area contributed by atoms with Crippen LogP contribution in [0.15, 0.2) is 151 Å². The van der Waals surface area contributed by atoms with E-state index >= 15 is 0 Å². The predicted octanol–water partition coefficient (Wildman–Crippen LogP) is 9.77. The molecule has 202 valence electrons. The zero-order valence-corrected chi connectivity index (χ0v) is 23.5. The molecule has 0 saturated heterocycles. The lowest BCUT2D eigenvalue weighted by Crippen LogP contribution is -2.32. The number of para-hydroxylation sites is 2. The first kappa shape index (κ1) is 24.0. The molecular weight excluding hydrogens is 522 g/mol. The van der Waals surface area contributed by atoms with Gasteiger partial charge in [0, 0.05) is 22.9 Å². The molecule has 8 aromatic rings. The molecule has 0 aliphatic carbocycles. The molecule has 1 aromatic heterocycles. The van der Waals surface area contributed by atoms with E-state index in [4.69, 9.17) is 4.99 Å². The van der Waals surface area contributed by atoms with Crippen LogP contribution in [-0.4, -0.2) is 17.1 Å². The molecule has 3 nitrogen and oxygen atoms in total. The van der Waals surface area contributed by atoms with Gasteiger partial charge in [0.05, 0.1) is 16.7 Å². The van der Waals surface area contributed by atoms with E-state index < -0.39 is 0 Å². The second-order valence-corrected chi connectivity index (χ2v) is 11.2. The van der Waals surface area contributed by atoms with Gasteiger partial charge in [0.2, 0.25) is 5.96 Å². The lowest BCUT2D eigenvalue weighted by atomic mass is 9.92. The molecule has 1 N–H and O–H groups in total. The molecule has 2 heterocycles. The topological polar surface area (TPSA) is 29.3 Å². The summed E-state index contributed by atoms with van der Waals surface area (Å²) in [5.41, 5.74) is 6.79. The Balaban J connectivity index is 1.17. The Morgan fingerprint density at radius 3 is 1.60 bits per heavy atom. The second-order valence-electron chi connectivity index (χ2n) is 11.2. The Morgan fingerprint density at radius 1 is 0.442 bits per heavy atom. The van der Waals surface area contributed by atoms with Crippen molar-refractivity contribution in [1.29, 1.82) is 0 Å². The standard InChI is InChI=1S/C40H27N3/c1-2-14-31-29(12-1)30-13-3-4-15-32(30)36-25-27(20-21-33(31)36)26-10-9-11-28(24-26)37-22-23-41-40(42-37)43-38-18-7-5-16-34(38)35-17-6-8-19-39(35)43/h1-22,24-25H,23H2,(H,41,42). The molecule has 1 aliphatic rings. The predicted molar refractivity (Wildman–Crippen MR) is 183 cm³/mol. The van der Waals surface area contributed by atoms with Crippen LogP contribution in [0, 0.1) is 0 Å². The lowest BCUT2D eigenvalue weighted by molar-refractivity contribution is 0.961. The van der Waals surface area contributed by atoms with Crippen LogP contribution >= 0.6 is 0 Å². The van der Waals surface area contributed by atoms with Crippen molar-refractivity contribution in [2.75, 3.05) is 6.54 Å². The SMILES string of the molecule is C1=C(c2cccc(-c3ccc4c5ccccc5c5ccccc5c4c3)c2)N=C(n2c3ccccc3c3ccccc32)NC1. The monoisotopic (exact) mass is 549 g/mol. The number of fused-ring (bicyclic) bond motifs is 9. The average Bonchev–Trinajstić information content (AvgIpc) is 3.43. The van der Waals surface area contributed by atoms with Gasteiger partial charge in [-0.1, -0.05) is 115 Å². The molecule has 0 amide bonds. The van der Waals surface area contributed by atoms with E-state index in [1.807, 2.05) is 0 Å². The highest BCUT2D eigenvalue weighted by Gasteiger charge is 2.17. The summed E-state index contributed by atoms with van der Waals surface area (Å²) in [6, 6.07) is 50.3. The van der Waals surface area contributed by atoms with Crippen LogP contribution in [0.1, 0.15) is 5.56 Å².